The number of ether oxygens (including phenoxy) is 2. The zero-order chi connectivity index (χ0) is 29.4. The number of carbonyl (C=O) groups is 2. The predicted molar refractivity (Wildman–Crippen MR) is 157 cm³/mol. The molecule has 218 valence electrons. The van der Waals surface area contributed by atoms with Gasteiger partial charge in [0.05, 0.1) is 24.8 Å². The van der Waals surface area contributed by atoms with E-state index in [-0.39, 0.29) is 29.1 Å². The van der Waals surface area contributed by atoms with Gasteiger partial charge in [0.25, 0.3) is 10.0 Å². The topological polar surface area (TPSA) is 105 Å². The van der Waals surface area contributed by atoms with Gasteiger partial charge in [0.1, 0.15) is 24.1 Å². The monoisotopic (exact) mass is 579 g/mol. The van der Waals surface area contributed by atoms with Crippen LogP contribution in [0.2, 0.25) is 0 Å². The van der Waals surface area contributed by atoms with Gasteiger partial charge in [-0.05, 0) is 61.7 Å². The van der Waals surface area contributed by atoms with Crippen LogP contribution in [0.1, 0.15) is 38.2 Å². The number of para-hydroxylation sites is 2. The van der Waals surface area contributed by atoms with E-state index in [1.54, 1.807) is 74.7 Å². The lowest BCUT2D eigenvalue weighted by Crippen LogP contribution is -2.52. The first-order valence-corrected chi connectivity index (χ1v) is 15.1. The molecule has 0 saturated heterocycles. The van der Waals surface area contributed by atoms with Gasteiger partial charge in [0.2, 0.25) is 11.8 Å². The Balaban J connectivity index is 1.71. The first-order chi connectivity index (χ1) is 19.7. The average molecular weight is 580 g/mol. The number of carbonyl (C=O) groups excluding carboxylic acids is 2. The Kier molecular flexibility index (Phi) is 9.88. The molecular weight excluding hydrogens is 542 g/mol. The molecule has 1 saturated carbocycles. The molecule has 0 bridgehead atoms. The SMILES string of the molecule is COc1cccc(CN(C(=O)CN(c2ccccc2OC)S(=O)(=O)c2ccccc2)[C@H](C)C(=O)NC2CCCC2)c1. The third-order valence-corrected chi connectivity index (χ3v) is 9.09. The van der Waals surface area contributed by atoms with Crippen molar-refractivity contribution in [1.82, 2.24) is 10.2 Å². The summed E-state index contributed by atoms with van der Waals surface area (Å²) in [5, 5.41) is 3.07. The van der Waals surface area contributed by atoms with Crippen molar-refractivity contribution >= 4 is 27.5 Å². The summed E-state index contributed by atoms with van der Waals surface area (Å²) in [4.78, 5) is 28.9. The lowest BCUT2D eigenvalue weighted by atomic mass is 10.1. The van der Waals surface area contributed by atoms with E-state index < -0.39 is 28.5 Å². The Hall–Kier alpha value is -4.05. The predicted octanol–water partition coefficient (Wildman–Crippen LogP) is 4.38. The van der Waals surface area contributed by atoms with Gasteiger partial charge in [-0.25, -0.2) is 8.42 Å². The molecule has 1 atom stereocenters. The van der Waals surface area contributed by atoms with Crippen molar-refractivity contribution in [3.8, 4) is 11.5 Å². The van der Waals surface area contributed by atoms with E-state index in [9.17, 15) is 18.0 Å². The fraction of sp³-hybridized carbons (Fsp3) is 0.355. The molecule has 1 N–H and O–H groups in total. The number of hydrogen-bond acceptors (Lipinski definition) is 6. The van der Waals surface area contributed by atoms with Gasteiger partial charge in [0, 0.05) is 12.6 Å². The molecule has 2 amide bonds. The number of methoxy groups -OCH3 is 2. The van der Waals surface area contributed by atoms with Gasteiger partial charge in [-0.1, -0.05) is 55.3 Å². The van der Waals surface area contributed by atoms with Crippen molar-refractivity contribution < 1.29 is 27.5 Å². The van der Waals surface area contributed by atoms with Crippen LogP contribution in [0.15, 0.2) is 83.8 Å². The van der Waals surface area contributed by atoms with Gasteiger partial charge < -0.3 is 19.7 Å². The number of amides is 2. The molecule has 0 unspecified atom stereocenters. The third-order valence-electron chi connectivity index (χ3n) is 7.32. The Morgan fingerprint density at radius 2 is 1.61 bits per heavy atom. The third kappa shape index (κ3) is 7.18. The Morgan fingerprint density at radius 3 is 2.29 bits per heavy atom. The second-order valence-corrected chi connectivity index (χ2v) is 11.9. The van der Waals surface area contributed by atoms with Gasteiger partial charge in [0.15, 0.2) is 0 Å². The minimum absolute atomic E-state index is 0.0325. The fourth-order valence-corrected chi connectivity index (χ4v) is 6.46. The summed E-state index contributed by atoms with van der Waals surface area (Å²) in [5.74, 6) is 0.0987. The van der Waals surface area contributed by atoms with Gasteiger partial charge in [-0.15, -0.1) is 0 Å². The Labute approximate surface area is 242 Å². The van der Waals surface area contributed by atoms with Crippen LogP contribution in [0, 0.1) is 0 Å². The maximum Gasteiger partial charge on any atom is 0.264 e. The van der Waals surface area contributed by atoms with Crippen LogP contribution in [-0.4, -0.2) is 58.0 Å². The summed E-state index contributed by atoms with van der Waals surface area (Å²) in [6.07, 6.45) is 3.91. The summed E-state index contributed by atoms with van der Waals surface area (Å²) in [6, 6.07) is 21.0. The van der Waals surface area contributed by atoms with Crippen molar-refractivity contribution in [2.45, 2.75) is 56.1 Å². The molecule has 0 radical (unpaired) electrons. The van der Waals surface area contributed by atoms with E-state index in [2.05, 4.69) is 5.32 Å². The minimum atomic E-state index is -4.18. The molecule has 9 nitrogen and oxygen atoms in total. The number of nitrogens with zero attached hydrogens (tertiary/aromatic N) is 2. The van der Waals surface area contributed by atoms with Crippen LogP contribution < -0.4 is 19.1 Å². The van der Waals surface area contributed by atoms with Crippen molar-refractivity contribution in [2.24, 2.45) is 0 Å². The average Bonchev–Trinajstić information content (AvgIpc) is 3.51. The zero-order valence-corrected chi connectivity index (χ0v) is 24.5. The van der Waals surface area contributed by atoms with E-state index in [0.29, 0.717) is 11.5 Å². The summed E-state index contributed by atoms with van der Waals surface area (Å²) in [7, 11) is -1.18. The standard InChI is InChI=1S/C31H37N3O6S/c1-23(31(36)32-25-13-7-8-14-25)33(21-24-12-11-15-26(20-24)39-2)30(35)22-34(28-18-9-10-19-29(28)40-3)41(37,38)27-16-5-4-6-17-27/h4-6,9-12,15-20,23,25H,7-8,13-14,21-22H2,1-3H3,(H,32,36)/t23-/m1/s1. The maximum atomic E-state index is 14.1. The van der Waals surface area contributed by atoms with Crippen molar-refractivity contribution in [3.63, 3.8) is 0 Å². The van der Waals surface area contributed by atoms with Gasteiger partial charge in [-0.2, -0.15) is 0 Å². The molecule has 1 fully saturated rings. The Morgan fingerprint density at radius 1 is 0.927 bits per heavy atom. The molecule has 0 aromatic heterocycles. The van der Waals surface area contributed by atoms with E-state index in [4.69, 9.17) is 9.47 Å². The zero-order valence-electron chi connectivity index (χ0n) is 23.7. The molecule has 4 rings (SSSR count). The molecule has 0 aliphatic heterocycles. The summed E-state index contributed by atoms with van der Waals surface area (Å²) in [6.45, 7) is 1.21. The van der Waals surface area contributed by atoms with Crippen LogP contribution in [0.4, 0.5) is 5.69 Å². The van der Waals surface area contributed by atoms with Crippen LogP contribution >= 0.6 is 0 Å². The second kappa shape index (κ2) is 13.5. The van der Waals surface area contributed by atoms with Gasteiger partial charge in [-0.3, -0.25) is 13.9 Å². The molecule has 1 aliphatic carbocycles. The molecule has 41 heavy (non-hydrogen) atoms. The summed E-state index contributed by atoms with van der Waals surface area (Å²) < 4.78 is 39.7. The molecule has 3 aromatic carbocycles. The van der Waals surface area contributed by atoms with E-state index in [0.717, 1.165) is 35.6 Å². The fourth-order valence-electron chi connectivity index (χ4n) is 5.01. The first kappa shape index (κ1) is 29.9. The lowest BCUT2D eigenvalue weighted by Gasteiger charge is -2.33. The number of anilines is 1. The molecule has 0 spiro atoms. The first-order valence-electron chi connectivity index (χ1n) is 13.7. The number of benzene rings is 3. The molecular formula is C31H37N3O6S. The normalized spacial score (nSPS) is 14.2. The van der Waals surface area contributed by atoms with E-state index >= 15 is 0 Å². The molecule has 1 aliphatic rings. The number of hydrogen-bond donors (Lipinski definition) is 1. The van der Waals surface area contributed by atoms with Crippen molar-refractivity contribution in [2.75, 3.05) is 25.1 Å². The highest BCUT2D eigenvalue weighted by molar-refractivity contribution is 7.92. The lowest BCUT2D eigenvalue weighted by molar-refractivity contribution is -0.139. The number of rotatable bonds is 12. The minimum Gasteiger partial charge on any atom is -0.497 e. The highest BCUT2D eigenvalue weighted by Gasteiger charge is 2.34. The second-order valence-electron chi connectivity index (χ2n) is 10.0. The summed E-state index contributed by atoms with van der Waals surface area (Å²) >= 11 is 0. The quantitative estimate of drug-likeness (QED) is 0.342. The molecule has 3 aromatic rings. The largest absolute Gasteiger partial charge is 0.497 e. The molecule has 10 heteroatoms. The highest BCUT2D eigenvalue weighted by atomic mass is 32.2. The maximum absolute atomic E-state index is 14.1. The number of nitrogens with one attached hydrogen (secondary N) is 1. The smallest absolute Gasteiger partial charge is 0.264 e. The summed E-state index contributed by atoms with van der Waals surface area (Å²) in [5.41, 5.74) is 0.963. The van der Waals surface area contributed by atoms with Crippen LogP contribution in [0.3, 0.4) is 0 Å². The van der Waals surface area contributed by atoms with Crippen LogP contribution in [-0.2, 0) is 26.2 Å². The number of sulfonamides is 1. The Bertz CT molecular complexity index is 1440. The van der Waals surface area contributed by atoms with E-state index in [1.165, 1.54) is 24.1 Å². The van der Waals surface area contributed by atoms with Crippen molar-refractivity contribution in [3.05, 3.63) is 84.4 Å². The van der Waals surface area contributed by atoms with Crippen LogP contribution in [0.25, 0.3) is 0 Å². The van der Waals surface area contributed by atoms with Crippen LogP contribution in [0.5, 0.6) is 11.5 Å². The van der Waals surface area contributed by atoms with Crippen molar-refractivity contribution in [1.29, 1.82) is 0 Å². The highest BCUT2D eigenvalue weighted by Crippen LogP contribution is 2.32. The van der Waals surface area contributed by atoms with Gasteiger partial charge >= 0.3 is 0 Å². The molecule has 0 heterocycles. The van der Waals surface area contributed by atoms with E-state index in [1.807, 2.05) is 6.07 Å².